The minimum absolute atomic E-state index is 0.131. The molecule has 1 unspecified atom stereocenters. The largest absolute Gasteiger partial charge is 0.497 e. The number of nitrogens with zero attached hydrogens (tertiary/aromatic N) is 1. The lowest BCUT2D eigenvalue weighted by atomic mass is 10.1. The maximum absolute atomic E-state index is 10.3. The Kier molecular flexibility index (Phi) is 6.49. The SMILES string of the molecule is COc1cccc(C(O)CN=C(N)Nc2cccc(Oc3ccccc3)c2)c1. The summed E-state index contributed by atoms with van der Waals surface area (Å²) in [7, 11) is 1.58. The summed E-state index contributed by atoms with van der Waals surface area (Å²) in [6.45, 7) is 0.131. The molecule has 0 saturated heterocycles. The maximum atomic E-state index is 10.3. The van der Waals surface area contributed by atoms with Crippen LogP contribution in [0.3, 0.4) is 0 Å². The topological polar surface area (TPSA) is 89.1 Å². The number of benzene rings is 3. The monoisotopic (exact) mass is 377 g/mol. The fraction of sp³-hybridized carbons (Fsp3) is 0.136. The third-order valence-corrected chi connectivity index (χ3v) is 4.00. The van der Waals surface area contributed by atoms with E-state index in [2.05, 4.69) is 10.3 Å². The molecular formula is C22H23N3O3. The second kappa shape index (κ2) is 9.43. The van der Waals surface area contributed by atoms with Gasteiger partial charge in [0.2, 0.25) is 0 Å². The van der Waals surface area contributed by atoms with Crippen LogP contribution in [-0.4, -0.2) is 24.7 Å². The van der Waals surface area contributed by atoms with Crippen molar-refractivity contribution in [3.8, 4) is 17.2 Å². The minimum atomic E-state index is -0.775. The van der Waals surface area contributed by atoms with Crippen molar-refractivity contribution in [1.82, 2.24) is 0 Å². The summed E-state index contributed by atoms with van der Waals surface area (Å²) in [6, 6.07) is 24.2. The van der Waals surface area contributed by atoms with Crippen molar-refractivity contribution in [3.05, 3.63) is 84.4 Å². The first-order valence-electron chi connectivity index (χ1n) is 8.86. The molecule has 0 aromatic heterocycles. The van der Waals surface area contributed by atoms with Crippen LogP contribution in [0.5, 0.6) is 17.2 Å². The van der Waals surface area contributed by atoms with E-state index in [0.29, 0.717) is 17.1 Å². The third-order valence-electron chi connectivity index (χ3n) is 4.00. The highest BCUT2D eigenvalue weighted by Crippen LogP contribution is 2.24. The number of nitrogens with one attached hydrogen (secondary N) is 1. The van der Waals surface area contributed by atoms with Crippen LogP contribution in [0.2, 0.25) is 0 Å². The van der Waals surface area contributed by atoms with Gasteiger partial charge < -0.3 is 25.6 Å². The highest BCUT2D eigenvalue weighted by molar-refractivity contribution is 5.92. The zero-order chi connectivity index (χ0) is 19.8. The van der Waals surface area contributed by atoms with Crippen molar-refractivity contribution < 1.29 is 14.6 Å². The quantitative estimate of drug-likeness (QED) is 0.429. The molecule has 0 heterocycles. The maximum Gasteiger partial charge on any atom is 0.193 e. The van der Waals surface area contributed by atoms with Crippen LogP contribution >= 0.6 is 0 Å². The Bertz CT molecular complexity index is 929. The van der Waals surface area contributed by atoms with Gasteiger partial charge in [-0.15, -0.1) is 0 Å². The molecule has 0 amide bonds. The van der Waals surface area contributed by atoms with Crippen LogP contribution in [0.15, 0.2) is 83.9 Å². The van der Waals surface area contributed by atoms with Crippen LogP contribution in [0, 0.1) is 0 Å². The van der Waals surface area contributed by atoms with Crippen LogP contribution in [0.4, 0.5) is 5.69 Å². The predicted octanol–water partition coefficient (Wildman–Crippen LogP) is 3.95. The Morgan fingerprint density at radius 2 is 1.68 bits per heavy atom. The van der Waals surface area contributed by atoms with E-state index in [1.165, 1.54) is 0 Å². The second-order valence-electron chi connectivity index (χ2n) is 6.09. The number of aliphatic imine (C=N–C) groups is 1. The number of ether oxygens (including phenoxy) is 2. The number of aliphatic hydroxyl groups is 1. The number of methoxy groups -OCH3 is 1. The number of guanidine groups is 1. The number of anilines is 1. The fourth-order valence-electron chi connectivity index (χ4n) is 2.59. The number of hydrogen-bond acceptors (Lipinski definition) is 4. The first-order chi connectivity index (χ1) is 13.6. The van der Waals surface area contributed by atoms with Crippen LogP contribution in [0.1, 0.15) is 11.7 Å². The number of para-hydroxylation sites is 1. The average Bonchev–Trinajstić information content (AvgIpc) is 2.73. The van der Waals surface area contributed by atoms with Gasteiger partial charge in [0, 0.05) is 11.8 Å². The summed E-state index contributed by atoms with van der Waals surface area (Å²) in [5, 5.41) is 13.3. The van der Waals surface area contributed by atoms with Crippen molar-refractivity contribution in [3.63, 3.8) is 0 Å². The zero-order valence-corrected chi connectivity index (χ0v) is 15.6. The molecule has 0 spiro atoms. The number of nitrogens with two attached hydrogens (primary N) is 1. The molecular weight excluding hydrogens is 354 g/mol. The summed E-state index contributed by atoms with van der Waals surface area (Å²) >= 11 is 0. The normalized spacial score (nSPS) is 12.3. The second-order valence-corrected chi connectivity index (χ2v) is 6.09. The van der Waals surface area contributed by atoms with E-state index in [4.69, 9.17) is 15.2 Å². The van der Waals surface area contributed by atoms with Crippen molar-refractivity contribution in [2.75, 3.05) is 19.0 Å². The molecule has 144 valence electrons. The van der Waals surface area contributed by atoms with E-state index >= 15 is 0 Å². The van der Waals surface area contributed by atoms with Gasteiger partial charge in [0.25, 0.3) is 0 Å². The smallest absolute Gasteiger partial charge is 0.193 e. The number of rotatable bonds is 7. The lowest BCUT2D eigenvalue weighted by molar-refractivity contribution is 0.187. The highest BCUT2D eigenvalue weighted by atomic mass is 16.5. The Hall–Kier alpha value is -3.51. The van der Waals surface area contributed by atoms with E-state index in [-0.39, 0.29) is 12.5 Å². The third kappa shape index (κ3) is 5.49. The molecule has 28 heavy (non-hydrogen) atoms. The highest BCUT2D eigenvalue weighted by Gasteiger charge is 2.08. The van der Waals surface area contributed by atoms with Crippen molar-refractivity contribution in [1.29, 1.82) is 0 Å². The molecule has 1 atom stereocenters. The average molecular weight is 377 g/mol. The van der Waals surface area contributed by atoms with Crippen molar-refractivity contribution >= 4 is 11.6 Å². The molecule has 3 aromatic rings. The van der Waals surface area contributed by atoms with Crippen LogP contribution in [0.25, 0.3) is 0 Å². The van der Waals surface area contributed by atoms with Crippen molar-refractivity contribution in [2.45, 2.75) is 6.10 Å². The van der Waals surface area contributed by atoms with Gasteiger partial charge in [-0.2, -0.15) is 0 Å². The van der Waals surface area contributed by atoms with Gasteiger partial charge in [0.1, 0.15) is 17.2 Å². The Morgan fingerprint density at radius 1 is 0.964 bits per heavy atom. The molecule has 0 bridgehead atoms. The summed E-state index contributed by atoms with van der Waals surface area (Å²) in [4.78, 5) is 4.22. The van der Waals surface area contributed by atoms with E-state index in [9.17, 15) is 5.11 Å². The molecule has 6 heteroatoms. The number of aliphatic hydroxyl groups excluding tert-OH is 1. The van der Waals surface area contributed by atoms with E-state index in [0.717, 1.165) is 11.4 Å². The van der Waals surface area contributed by atoms with E-state index in [1.807, 2.05) is 72.8 Å². The lowest BCUT2D eigenvalue weighted by Gasteiger charge is -2.12. The van der Waals surface area contributed by atoms with Crippen LogP contribution in [-0.2, 0) is 0 Å². The van der Waals surface area contributed by atoms with Gasteiger partial charge in [-0.25, -0.2) is 0 Å². The van der Waals surface area contributed by atoms with Gasteiger partial charge in [-0.3, -0.25) is 4.99 Å². The van der Waals surface area contributed by atoms with Gasteiger partial charge >= 0.3 is 0 Å². The Balaban J connectivity index is 1.60. The molecule has 4 N–H and O–H groups in total. The molecule has 0 aliphatic carbocycles. The minimum Gasteiger partial charge on any atom is -0.497 e. The van der Waals surface area contributed by atoms with E-state index in [1.54, 1.807) is 13.2 Å². The standard InChI is InChI=1S/C22H23N3O3/c1-27-19-11-5-7-16(13-19)21(26)15-24-22(23)25-17-8-6-12-20(14-17)28-18-9-3-2-4-10-18/h2-14,21,26H,15H2,1H3,(H3,23,24,25). The van der Waals surface area contributed by atoms with E-state index < -0.39 is 6.10 Å². The molecule has 3 rings (SSSR count). The summed E-state index contributed by atoms with van der Waals surface area (Å²) < 4.78 is 11.0. The van der Waals surface area contributed by atoms with Gasteiger partial charge in [0.05, 0.1) is 19.8 Å². The zero-order valence-electron chi connectivity index (χ0n) is 15.6. The summed E-state index contributed by atoms with van der Waals surface area (Å²) in [6.07, 6.45) is -0.775. The number of hydrogen-bond donors (Lipinski definition) is 3. The predicted molar refractivity (Wildman–Crippen MR) is 111 cm³/mol. The summed E-state index contributed by atoms with van der Waals surface area (Å²) in [5.41, 5.74) is 7.41. The van der Waals surface area contributed by atoms with Gasteiger partial charge in [0.15, 0.2) is 5.96 Å². The molecule has 0 saturated carbocycles. The van der Waals surface area contributed by atoms with Crippen molar-refractivity contribution in [2.24, 2.45) is 10.7 Å². The molecule has 6 nitrogen and oxygen atoms in total. The molecule has 3 aromatic carbocycles. The van der Waals surface area contributed by atoms with Gasteiger partial charge in [-0.1, -0.05) is 36.4 Å². The lowest BCUT2D eigenvalue weighted by Crippen LogP contribution is -2.23. The molecule has 0 fully saturated rings. The Morgan fingerprint density at radius 3 is 2.46 bits per heavy atom. The first kappa shape index (κ1) is 19.3. The molecule has 0 aliphatic heterocycles. The summed E-state index contributed by atoms with van der Waals surface area (Å²) in [5.74, 6) is 2.32. The van der Waals surface area contributed by atoms with Crippen LogP contribution < -0.4 is 20.5 Å². The fourth-order valence-corrected chi connectivity index (χ4v) is 2.59. The molecule has 0 aliphatic rings. The molecule has 0 radical (unpaired) electrons. The Labute approximate surface area is 164 Å². The first-order valence-corrected chi connectivity index (χ1v) is 8.86. The van der Waals surface area contributed by atoms with Gasteiger partial charge in [-0.05, 0) is 42.0 Å².